The number of hydrogen-bond acceptors (Lipinski definition) is 3. The van der Waals surface area contributed by atoms with Crippen molar-refractivity contribution >= 4 is 6.09 Å². The molecular weight excluding hydrogens is 240 g/mol. The van der Waals surface area contributed by atoms with E-state index in [-0.39, 0.29) is 6.09 Å². The summed E-state index contributed by atoms with van der Waals surface area (Å²) >= 11 is 0. The molecule has 104 valence electrons. The molecule has 19 heavy (non-hydrogen) atoms. The molecule has 1 fully saturated rings. The van der Waals surface area contributed by atoms with Gasteiger partial charge in [0.2, 0.25) is 0 Å². The Labute approximate surface area is 114 Å². The Kier molecular flexibility index (Phi) is 3.78. The van der Waals surface area contributed by atoms with Crippen molar-refractivity contribution < 1.29 is 9.53 Å². The van der Waals surface area contributed by atoms with Gasteiger partial charge in [-0.2, -0.15) is 0 Å². The highest BCUT2D eigenvalue weighted by Crippen LogP contribution is 2.29. The first-order chi connectivity index (χ1) is 8.87. The van der Waals surface area contributed by atoms with E-state index in [2.05, 4.69) is 11.1 Å². The fourth-order valence-corrected chi connectivity index (χ4v) is 2.43. The second kappa shape index (κ2) is 5.19. The summed E-state index contributed by atoms with van der Waals surface area (Å²) in [6.07, 6.45) is 2.57. The third-order valence-corrected chi connectivity index (χ3v) is 3.33. The molecule has 0 aliphatic carbocycles. The molecule has 1 atom stereocenters. The van der Waals surface area contributed by atoms with E-state index in [0.29, 0.717) is 5.92 Å². The fourth-order valence-electron chi connectivity index (χ4n) is 2.43. The number of carbonyl (C=O) groups excluding carboxylic acids is 1. The van der Waals surface area contributed by atoms with E-state index in [1.165, 1.54) is 5.56 Å². The van der Waals surface area contributed by atoms with Crippen molar-refractivity contribution in [3.8, 4) is 0 Å². The van der Waals surface area contributed by atoms with Crippen LogP contribution in [0.25, 0.3) is 0 Å². The molecule has 1 aliphatic rings. The van der Waals surface area contributed by atoms with Crippen LogP contribution in [-0.2, 0) is 4.74 Å². The Hall–Kier alpha value is -1.58. The minimum absolute atomic E-state index is 0.212. The lowest BCUT2D eigenvalue weighted by Crippen LogP contribution is -2.35. The van der Waals surface area contributed by atoms with Gasteiger partial charge in [-0.15, -0.1) is 0 Å². The molecule has 1 amide bonds. The lowest BCUT2D eigenvalue weighted by molar-refractivity contribution is 0.0292. The van der Waals surface area contributed by atoms with Gasteiger partial charge in [0.25, 0.3) is 0 Å². The number of ether oxygens (including phenoxy) is 1. The van der Waals surface area contributed by atoms with Gasteiger partial charge in [0.05, 0.1) is 0 Å². The third kappa shape index (κ3) is 3.46. The van der Waals surface area contributed by atoms with Crippen LogP contribution in [0.15, 0.2) is 18.3 Å². The Bertz CT molecular complexity index is 465. The second-order valence-corrected chi connectivity index (χ2v) is 6.09. The maximum absolute atomic E-state index is 12.0. The normalized spacial score (nSPS) is 19.6. The van der Waals surface area contributed by atoms with E-state index in [1.807, 2.05) is 33.8 Å². The number of pyridine rings is 1. The molecule has 1 aromatic rings. The summed E-state index contributed by atoms with van der Waals surface area (Å²) in [6.45, 7) is 9.18. The van der Waals surface area contributed by atoms with Crippen LogP contribution in [0.3, 0.4) is 0 Å². The van der Waals surface area contributed by atoms with Crippen LogP contribution < -0.4 is 0 Å². The summed E-state index contributed by atoms with van der Waals surface area (Å²) in [7, 11) is 0. The van der Waals surface area contributed by atoms with E-state index >= 15 is 0 Å². The molecule has 4 heteroatoms. The number of aryl methyl sites for hydroxylation is 1. The van der Waals surface area contributed by atoms with Crippen LogP contribution in [0, 0.1) is 6.92 Å². The van der Waals surface area contributed by atoms with Gasteiger partial charge in [-0.05, 0) is 45.7 Å². The molecule has 1 saturated heterocycles. The molecule has 0 saturated carbocycles. The van der Waals surface area contributed by atoms with Crippen molar-refractivity contribution in [2.75, 3.05) is 13.1 Å². The van der Waals surface area contributed by atoms with Gasteiger partial charge in [-0.1, -0.05) is 6.07 Å². The van der Waals surface area contributed by atoms with Crippen LogP contribution >= 0.6 is 0 Å². The molecule has 2 rings (SSSR count). The second-order valence-electron chi connectivity index (χ2n) is 6.09. The largest absolute Gasteiger partial charge is 0.444 e. The SMILES string of the molecule is Cc1ncccc1C1CCN(C(=O)OC(C)(C)C)C1. The smallest absolute Gasteiger partial charge is 0.410 e. The van der Waals surface area contributed by atoms with E-state index in [1.54, 1.807) is 11.1 Å². The van der Waals surface area contributed by atoms with Gasteiger partial charge in [0.1, 0.15) is 5.60 Å². The zero-order valence-corrected chi connectivity index (χ0v) is 12.1. The number of likely N-dealkylation sites (tertiary alicyclic amines) is 1. The highest BCUT2D eigenvalue weighted by atomic mass is 16.6. The molecule has 0 spiro atoms. The van der Waals surface area contributed by atoms with Crippen molar-refractivity contribution in [1.29, 1.82) is 0 Å². The molecule has 0 radical (unpaired) electrons. The van der Waals surface area contributed by atoms with Gasteiger partial charge in [0.15, 0.2) is 0 Å². The lowest BCUT2D eigenvalue weighted by atomic mass is 9.97. The maximum atomic E-state index is 12.0. The van der Waals surface area contributed by atoms with Crippen LogP contribution in [0.4, 0.5) is 4.79 Å². The zero-order valence-electron chi connectivity index (χ0n) is 12.1. The first-order valence-corrected chi connectivity index (χ1v) is 6.76. The van der Waals surface area contributed by atoms with Gasteiger partial charge < -0.3 is 9.64 Å². The summed E-state index contributed by atoms with van der Waals surface area (Å²) in [4.78, 5) is 18.1. The number of aromatic nitrogens is 1. The molecule has 0 aromatic carbocycles. The van der Waals surface area contributed by atoms with E-state index < -0.39 is 5.60 Å². The quantitative estimate of drug-likeness (QED) is 0.781. The molecule has 0 N–H and O–H groups in total. The van der Waals surface area contributed by atoms with Crippen LogP contribution in [0.2, 0.25) is 0 Å². The van der Waals surface area contributed by atoms with E-state index in [9.17, 15) is 4.79 Å². The molecular formula is C15H22N2O2. The standard InChI is InChI=1S/C15H22N2O2/c1-11-13(6-5-8-16-11)12-7-9-17(10-12)14(18)19-15(2,3)4/h5-6,8,12H,7,9-10H2,1-4H3. The van der Waals surface area contributed by atoms with Crippen LogP contribution in [0.5, 0.6) is 0 Å². The van der Waals surface area contributed by atoms with E-state index in [0.717, 1.165) is 25.2 Å². The third-order valence-electron chi connectivity index (χ3n) is 3.33. The Balaban J connectivity index is 2.01. The van der Waals surface area contributed by atoms with Crippen molar-refractivity contribution in [1.82, 2.24) is 9.88 Å². The number of hydrogen-bond donors (Lipinski definition) is 0. The lowest BCUT2D eigenvalue weighted by Gasteiger charge is -2.24. The predicted octanol–water partition coefficient (Wildman–Crippen LogP) is 3.11. The number of amides is 1. The number of rotatable bonds is 1. The van der Waals surface area contributed by atoms with Gasteiger partial charge in [0, 0.05) is 30.9 Å². The average Bonchev–Trinajstić information content (AvgIpc) is 2.76. The highest BCUT2D eigenvalue weighted by molar-refractivity contribution is 5.68. The monoisotopic (exact) mass is 262 g/mol. The first kappa shape index (κ1) is 13.8. The number of carbonyl (C=O) groups is 1. The number of nitrogens with zero attached hydrogens (tertiary/aromatic N) is 2. The minimum atomic E-state index is -0.431. The van der Waals surface area contributed by atoms with Crippen molar-refractivity contribution in [3.05, 3.63) is 29.6 Å². The molecule has 2 heterocycles. The van der Waals surface area contributed by atoms with Gasteiger partial charge >= 0.3 is 6.09 Å². The molecule has 1 aliphatic heterocycles. The maximum Gasteiger partial charge on any atom is 0.410 e. The fraction of sp³-hybridized carbons (Fsp3) is 0.600. The van der Waals surface area contributed by atoms with Crippen LogP contribution in [-0.4, -0.2) is 34.7 Å². The highest BCUT2D eigenvalue weighted by Gasteiger charge is 2.31. The molecule has 1 aromatic heterocycles. The summed E-state index contributed by atoms with van der Waals surface area (Å²) in [5, 5.41) is 0. The average molecular weight is 262 g/mol. The van der Waals surface area contributed by atoms with Crippen LogP contribution in [0.1, 0.15) is 44.4 Å². The minimum Gasteiger partial charge on any atom is -0.444 e. The molecule has 1 unspecified atom stereocenters. The molecule has 4 nitrogen and oxygen atoms in total. The summed E-state index contributed by atoms with van der Waals surface area (Å²) < 4.78 is 5.41. The Morgan fingerprint density at radius 2 is 2.21 bits per heavy atom. The summed E-state index contributed by atoms with van der Waals surface area (Å²) in [6, 6.07) is 4.06. The van der Waals surface area contributed by atoms with E-state index in [4.69, 9.17) is 4.74 Å². The molecule has 0 bridgehead atoms. The Morgan fingerprint density at radius 1 is 1.47 bits per heavy atom. The topological polar surface area (TPSA) is 42.4 Å². The zero-order chi connectivity index (χ0) is 14.0. The van der Waals surface area contributed by atoms with Crippen molar-refractivity contribution in [2.45, 2.75) is 45.6 Å². The van der Waals surface area contributed by atoms with Crippen molar-refractivity contribution in [2.24, 2.45) is 0 Å². The predicted molar refractivity (Wildman–Crippen MR) is 74.1 cm³/mol. The Morgan fingerprint density at radius 3 is 2.84 bits per heavy atom. The summed E-state index contributed by atoms with van der Waals surface area (Å²) in [5.74, 6) is 0.376. The first-order valence-electron chi connectivity index (χ1n) is 6.76. The summed E-state index contributed by atoms with van der Waals surface area (Å²) in [5.41, 5.74) is 1.87. The van der Waals surface area contributed by atoms with Gasteiger partial charge in [-0.3, -0.25) is 4.98 Å². The van der Waals surface area contributed by atoms with Crippen molar-refractivity contribution in [3.63, 3.8) is 0 Å². The van der Waals surface area contributed by atoms with Gasteiger partial charge in [-0.25, -0.2) is 4.79 Å².